The molecule has 0 spiro atoms. The van der Waals surface area contributed by atoms with Crippen molar-refractivity contribution in [3.05, 3.63) is 28.0 Å². The molecular weight excluding hydrogens is 291 g/mol. The van der Waals surface area contributed by atoms with Crippen LogP contribution in [0.2, 0.25) is 0 Å². The lowest BCUT2D eigenvalue weighted by atomic mass is 10.1. The Morgan fingerprint density at radius 3 is 2.82 bits per heavy atom. The van der Waals surface area contributed by atoms with Crippen LogP contribution in [0.25, 0.3) is 0 Å². The second-order valence-electron chi connectivity index (χ2n) is 3.81. The van der Waals surface area contributed by atoms with Crippen LogP contribution in [0.4, 0.5) is 10.1 Å². The van der Waals surface area contributed by atoms with E-state index in [1.165, 1.54) is 11.0 Å². The quantitative estimate of drug-likeness (QED) is 0.851. The summed E-state index contributed by atoms with van der Waals surface area (Å²) in [7, 11) is 0. The summed E-state index contributed by atoms with van der Waals surface area (Å²) < 4.78 is 13.8. The minimum Gasteiger partial charge on any atom is -0.345 e. The minimum absolute atomic E-state index is 0.0457. The van der Waals surface area contributed by atoms with Crippen LogP contribution in [-0.4, -0.2) is 24.9 Å². The maximum absolute atomic E-state index is 13.5. The lowest BCUT2D eigenvalue weighted by Gasteiger charge is -2.28. The maximum atomic E-state index is 13.5. The average Bonchev–Trinajstić information content (AvgIpc) is 2.27. The average molecular weight is 301 g/mol. The van der Waals surface area contributed by atoms with E-state index in [-0.39, 0.29) is 24.9 Å². The van der Waals surface area contributed by atoms with Crippen molar-refractivity contribution in [1.29, 1.82) is 0 Å². The summed E-state index contributed by atoms with van der Waals surface area (Å²) in [6.07, 6.45) is 0. The third-order valence-corrected chi connectivity index (χ3v) is 3.18. The second-order valence-corrected chi connectivity index (χ2v) is 4.66. The van der Waals surface area contributed by atoms with Crippen molar-refractivity contribution in [2.45, 2.75) is 6.92 Å². The number of nitrogens with zero attached hydrogens (tertiary/aromatic N) is 1. The summed E-state index contributed by atoms with van der Waals surface area (Å²) in [4.78, 5) is 24.2. The molecule has 0 aromatic heterocycles. The molecule has 0 unspecified atom stereocenters. The summed E-state index contributed by atoms with van der Waals surface area (Å²) in [5.41, 5.74) is 1.17. The van der Waals surface area contributed by atoms with Gasteiger partial charge in [0.25, 0.3) is 0 Å². The van der Waals surface area contributed by atoms with Gasteiger partial charge in [0.05, 0.1) is 16.7 Å². The molecule has 1 saturated heterocycles. The van der Waals surface area contributed by atoms with Crippen LogP contribution in [0.5, 0.6) is 0 Å². The molecule has 1 aliphatic rings. The minimum atomic E-state index is -0.454. The lowest BCUT2D eigenvalue weighted by Crippen LogP contribution is -2.52. The number of hydrogen-bond donors (Lipinski definition) is 1. The van der Waals surface area contributed by atoms with Gasteiger partial charge in [-0.3, -0.25) is 9.59 Å². The Bertz CT molecular complexity index is 504. The second kappa shape index (κ2) is 4.44. The van der Waals surface area contributed by atoms with E-state index in [9.17, 15) is 14.0 Å². The molecule has 1 N–H and O–H groups in total. The maximum Gasteiger partial charge on any atom is 0.246 e. The normalized spacial score (nSPS) is 16.1. The number of aryl methyl sites for hydroxylation is 1. The topological polar surface area (TPSA) is 49.4 Å². The number of nitrogens with one attached hydrogen (secondary N) is 1. The Morgan fingerprint density at radius 2 is 2.12 bits per heavy atom. The number of halogens is 2. The Hall–Kier alpha value is -1.43. The van der Waals surface area contributed by atoms with Crippen molar-refractivity contribution in [2.24, 2.45) is 0 Å². The highest BCUT2D eigenvalue weighted by Crippen LogP contribution is 2.27. The predicted octanol–water partition coefficient (Wildman–Crippen LogP) is 1.36. The Labute approximate surface area is 106 Å². The van der Waals surface area contributed by atoms with Crippen molar-refractivity contribution in [2.75, 3.05) is 18.0 Å². The molecule has 1 aliphatic heterocycles. The van der Waals surface area contributed by atoms with Crippen LogP contribution in [0.15, 0.2) is 16.6 Å². The van der Waals surface area contributed by atoms with Gasteiger partial charge in [0.15, 0.2) is 0 Å². The molecule has 0 atom stereocenters. The molecule has 4 nitrogen and oxygen atoms in total. The van der Waals surface area contributed by atoms with E-state index in [0.29, 0.717) is 10.2 Å². The summed E-state index contributed by atoms with van der Waals surface area (Å²) >= 11 is 3.07. The first kappa shape index (κ1) is 12.0. The molecule has 1 heterocycles. The highest BCUT2D eigenvalue weighted by atomic mass is 79.9. The van der Waals surface area contributed by atoms with Gasteiger partial charge in [-0.25, -0.2) is 4.39 Å². The van der Waals surface area contributed by atoms with E-state index in [4.69, 9.17) is 0 Å². The number of carbonyl (C=O) groups excluding carboxylic acids is 2. The monoisotopic (exact) mass is 300 g/mol. The number of piperazine rings is 1. The van der Waals surface area contributed by atoms with Gasteiger partial charge >= 0.3 is 0 Å². The van der Waals surface area contributed by atoms with Crippen LogP contribution >= 0.6 is 15.9 Å². The highest BCUT2D eigenvalue weighted by Gasteiger charge is 2.26. The fourth-order valence-corrected chi connectivity index (χ4v) is 2.16. The Morgan fingerprint density at radius 1 is 1.41 bits per heavy atom. The summed E-state index contributed by atoms with van der Waals surface area (Å²) in [6, 6.07) is 2.85. The molecular formula is C11H10BrFN2O2. The molecule has 17 heavy (non-hydrogen) atoms. The number of benzene rings is 1. The zero-order valence-electron chi connectivity index (χ0n) is 9.09. The molecule has 2 amide bonds. The standard InChI is InChI=1S/C11H10BrFN2O2/c1-6-2-7(12)8(13)3-9(6)15-5-10(16)14-4-11(15)17/h2-3H,4-5H2,1H3,(H,14,16). The fraction of sp³-hybridized carbons (Fsp3) is 0.273. The number of amides is 2. The first-order valence-electron chi connectivity index (χ1n) is 5.02. The van der Waals surface area contributed by atoms with Crippen LogP contribution in [0, 0.1) is 12.7 Å². The van der Waals surface area contributed by atoms with Gasteiger partial charge in [-0.2, -0.15) is 0 Å². The van der Waals surface area contributed by atoms with E-state index in [1.54, 1.807) is 13.0 Å². The fourth-order valence-electron chi connectivity index (χ4n) is 1.70. The van der Waals surface area contributed by atoms with Crippen LogP contribution in [0.1, 0.15) is 5.56 Å². The van der Waals surface area contributed by atoms with Gasteiger partial charge in [0.1, 0.15) is 12.4 Å². The molecule has 6 heteroatoms. The zero-order valence-corrected chi connectivity index (χ0v) is 10.7. The number of rotatable bonds is 1. The largest absolute Gasteiger partial charge is 0.345 e. The van der Waals surface area contributed by atoms with Gasteiger partial charge in [-0.15, -0.1) is 0 Å². The summed E-state index contributed by atoms with van der Waals surface area (Å²) in [6.45, 7) is 1.65. The predicted molar refractivity (Wildman–Crippen MR) is 64.2 cm³/mol. The van der Waals surface area contributed by atoms with Crippen LogP contribution in [0.3, 0.4) is 0 Å². The van der Waals surface area contributed by atoms with Crippen molar-refractivity contribution in [3.8, 4) is 0 Å². The molecule has 0 bridgehead atoms. The van der Waals surface area contributed by atoms with E-state index in [2.05, 4.69) is 21.2 Å². The Balaban J connectivity index is 2.42. The molecule has 90 valence electrons. The first-order valence-corrected chi connectivity index (χ1v) is 5.81. The van der Waals surface area contributed by atoms with Crippen LogP contribution in [-0.2, 0) is 9.59 Å². The third-order valence-electron chi connectivity index (χ3n) is 2.57. The first-order chi connectivity index (χ1) is 7.99. The van der Waals surface area contributed by atoms with Gasteiger partial charge in [0, 0.05) is 0 Å². The smallest absolute Gasteiger partial charge is 0.246 e. The molecule has 1 aromatic carbocycles. The summed E-state index contributed by atoms with van der Waals surface area (Å²) in [5.74, 6) is -0.939. The van der Waals surface area contributed by atoms with Crippen molar-refractivity contribution in [1.82, 2.24) is 5.32 Å². The van der Waals surface area contributed by atoms with E-state index in [0.717, 1.165) is 5.56 Å². The third kappa shape index (κ3) is 2.31. The number of carbonyl (C=O) groups is 2. The van der Waals surface area contributed by atoms with E-state index >= 15 is 0 Å². The van der Waals surface area contributed by atoms with Crippen LogP contribution < -0.4 is 10.2 Å². The molecule has 1 fully saturated rings. The number of hydrogen-bond acceptors (Lipinski definition) is 2. The van der Waals surface area contributed by atoms with Gasteiger partial charge < -0.3 is 10.2 Å². The van der Waals surface area contributed by atoms with E-state index < -0.39 is 5.82 Å². The summed E-state index contributed by atoms with van der Waals surface area (Å²) in [5, 5.41) is 2.44. The molecule has 2 rings (SSSR count). The van der Waals surface area contributed by atoms with Gasteiger partial charge in [-0.1, -0.05) is 0 Å². The van der Waals surface area contributed by atoms with Crippen molar-refractivity contribution in [3.63, 3.8) is 0 Å². The molecule has 0 radical (unpaired) electrons. The molecule has 0 aliphatic carbocycles. The Kier molecular flexibility index (Phi) is 3.15. The SMILES string of the molecule is Cc1cc(Br)c(F)cc1N1CC(=O)NCC1=O. The van der Waals surface area contributed by atoms with Gasteiger partial charge in [-0.05, 0) is 40.5 Å². The number of anilines is 1. The van der Waals surface area contributed by atoms with Crippen molar-refractivity contribution < 1.29 is 14.0 Å². The van der Waals surface area contributed by atoms with Crippen molar-refractivity contribution >= 4 is 33.4 Å². The highest BCUT2D eigenvalue weighted by molar-refractivity contribution is 9.10. The molecule has 0 saturated carbocycles. The lowest BCUT2D eigenvalue weighted by molar-refractivity contribution is -0.128. The molecule has 1 aromatic rings. The van der Waals surface area contributed by atoms with E-state index in [1.807, 2.05) is 0 Å². The zero-order chi connectivity index (χ0) is 12.6. The van der Waals surface area contributed by atoms with Gasteiger partial charge in [0.2, 0.25) is 11.8 Å².